The minimum Gasteiger partial charge on any atom is -0.478 e. The lowest BCUT2D eigenvalue weighted by atomic mass is 10.1. The van der Waals surface area contributed by atoms with Gasteiger partial charge in [0.15, 0.2) is 0 Å². The maximum absolute atomic E-state index is 11.2. The molecule has 0 unspecified atom stereocenters. The van der Waals surface area contributed by atoms with Crippen LogP contribution in [0.1, 0.15) is 23.2 Å². The Morgan fingerprint density at radius 1 is 1.28 bits per heavy atom. The summed E-state index contributed by atoms with van der Waals surface area (Å²) in [6, 6.07) is 9.41. The van der Waals surface area contributed by atoms with E-state index in [0.717, 1.165) is 48.5 Å². The van der Waals surface area contributed by atoms with Gasteiger partial charge >= 0.3 is 5.97 Å². The summed E-state index contributed by atoms with van der Waals surface area (Å²) in [5, 5.41) is 20.3. The zero-order chi connectivity index (χ0) is 17.2. The number of hydrogen-bond donors (Lipinski definition) is 3. The molecule has 128 valence electrons. The molecule has 0 spiro atoms. The number of rotatable bonds is 4. The van der Waals surface area contributed by atoms with E-state index in [9.17, 15) is 9.90 Å². The molecule has 1 aliphatic rings. The highest BCUT2D eigenvalue weighted by atomic mass is 16.4. The Bertz CT molecular complexity index is 915. The van der Waals surface area contributed by atoms with E-state index in [1.54, 1.807) is 23.0 Å². The number of anilines is 1. The van der Waals surface area contributed by atoms with Crippen LogP contribution in [0.2, 0.25) is 0 Å². The molecule has 3 aromatic rings. The number of hydrogen-bond acceptors (Lipinski definition) is 5. The predicted octanol–water partition coefficient (Wildman–Crippen LogP) is 2.26. The van der Waals surface area contributed by atoms with Crippen molar-refractivity contribution in [1.82, 2.24) is 19.9 Å². The number of pyridine rings is 2. The summed E-state index contributed by atoms with van der Waals surface area (Å²) < 4.78 is 1.66. The average Bonchev–Trinajstić information content (AvgIpc) is 3.06. The van der Waals surface area contributed by atoms with Crippen LogP contribution in [-0.4, -0.2) is 44.8 Å². The van der Waals surface area contributed by atoms with E-state index < -0.39 is 5.97 Å². The Hall–Kier alpha value is -2.93. The summed E-state index contributed by atoms with van der Waals surface area (Å²) in [5.74, 6) is -0.123. The van der Waals surface area contributed by atoms with Gasteiger partial charge in [0, 0.05) is 17.8 Å². The number of carboxylic acid groups (broad SMARTS) is 1. The quantitative estimate of drug-likeness (QED) is 0.676. The summed E-state index contributed by atoms with van der Waals surface area (Å²) in [6.07, 6.45) is 5.52. The van der Waals surface area contributed by atoms with Gasteiger partial charge in [0.1, 0.15) is 5.82 Å². The number of aromatic carboxylic acids is 1. The van der Waals surface area contributed by atoms with E-state index in [-0.39, 0.29) is 5.56 Å². The average molecular weight is 337 g/mol. The summed E-state index contributed by atoms with van der Waals surface area (Å²) >= 11 is 0. The maximum Gasteiger partial charge on any atom is 0.335 e. The molecule has 0 aliphatic carbocycles. The van der Waals surface area contributed by atoms with Gasteiger partial charge in [-0.25, -0.2) is 14.3 Å². The van der Waals surface area contributed by atoms with Crippen LogP contribution in [0.5, 0.6) is 0 Å². The number of piperidine rings is 1. The first-order valence-electron chi connectivity index (χ1n) is 8.36. The number of fused-ring (bicyclic) bond motifs is 1. The monoisotopic (exact) mass is 337 g/mol. The van der Waals surface area contributed by atoms with Crippen molar-refractivity contribution < 1.29 is 9.90 Å². The minimum atomic E-state index is -0.955. The maximum atomic E-state index is 11.2. The minimum absolute atomic E-state index is 0.234. The second-order valence-electron chi connectivity index (χ2n) is 6.19. The normalized spacial score (nSPS) is 15.4. The highest BCUT2D eigenvalue weighted by Gasteiger charge is 2.15. The van der Waals surface area contributed by atoms with Gasteiger partial charge in [-0.15, -0.1) is 0 Å². The zero-order valence-corrected chi connectivity index (χ0v) is 13.6. The number of carboxylic acids is 1. The lowest BCUT2D eigenvalue weighted by molar-refractivity contribution is 0.0697. The van der Waals surface area contributed by atoms with Gasteiger partial charge in [-0.3, -0.25) is 0 Å². The van der Waals surface area contributed by atoms with E-state index in [1.807, 2.05) is 18.2 Å². The van der Waals surface area contributed by atoms with Crippen molar-refractivity contribution in [2.24, 2.45) is 0 Å². The smallest absolute Gasteiger partial charge is 0.335 e. The van der Waals surface area contributed by atoms with E-state index >= 15 is 0 Å². The van der Waals surface area contributed by atoms with Crippen LogP contribution in [0.4, 0.5) is 5.82 Å². The molecular weight excluding hydrogens is 318 g/mol. The van der Waals surface area contributed by atoms with Gasteiger partial charge in [-0.05, 0) is 50.2 Å². The summed E-state index contributed by atoms with van der Waals surface area (Å²) in [4.78, 5) is 15.9. The molecule has 0 atom stereocenters. The molecule has 7 heteroatoms. The van der Waals surface area contributed by atoms with Crippen molar-refractivity contribution in [1.29, 1.82) is 0 Å². The zero-order valence-electron chi connectivity index (χ0n) is 13.6. The predicted molar refractivity (Wildman–Crippen MR) is 94.9 cm³/mol. The van der Waals surface area contributed by atoms with Crippen molar-refractivity contribution in [2.45, 2.75) is 18.9 Å². The molecule has 0 radical (unpaired) electrons. The van der Waals surface area contributed by atoms with Gasteiger partial charge in [0.25, 0.3) is 0 Å². The number of carbonyl (C=O) groups is 1. The molecule has 0 amide bonds. The first-order valence-corrected chi connectivity index (χ1v) is 8.36. The van der Waals surface area contributed by atoms with Gasteiger partial charge in [-0.1, -0.05) is 6.07 Å². The van der Waals surface area contributed by atoms with E-state index in [1.165, 1.54) is 6.07 Å². The van der Waals surface area contributed by atoms with Gasteiger partial charge < -0.3 is 15.7 Å². The summed E-state index contributed by atoms with van der Waals surface area (Å²) in [7, 11) is 0. The molecule has 0 bridgehead atoms. The van der Waals surface area contributed by atoms with Crippen LogP contribution in [-0.2, 0) is 0 Å². The largest absolute Gasteiger partial charge is 0.478 e. The number of nitrogens with zero attached hydrogens (tertiary/aromatic N) is 3. The highest BCUT2D eigenvalue weighted by Crippen LogP contribution is 2.25. The third kappa shape index (κ3) is 3.18. The molecule has 1 saturated heterocycles. The van der Waals surface area contributed by atoms with Crippen LogP contribution >= 0.6 is 0 Å². The topological polar surface area (TPSA) is 91.5 Å². The number of nitrogens with one attached hydrogen (secondary N) is 2. The molecule has 1 fully saturated rings. The fourth-order valence-electron chi connectivity index (χ4n) is 3.15. The third-order valence-electron chi connectivity index (χ3n) is 4.48. The van der Waals surface area contributed by atoms with E-state index in [0.29, 0.717) is 6.04 Å². The Morgan fingerprint density at radius 2 is 2.12 bits per heavy atom. The Labute approximate surface area is 144 Å². The van der Waals surface area contributed by atoms with Crippen LogP contribution in [0.3, 0.4) is 0 Å². The fraction of sp³-hybridized carbons (Fsp3) is 0.278. The molecule has 4 heterocycles. The highest BCUT2D eigenvalue weighted by molar-refractivity contribution is 5.91. The van der Waals surface area contributed by atoms with Gasteiger partial charge in [0.2, 0.25) is 0 Å². The van der Waals surface area contributed by atoms with Crippen molar-refractivity contribution >= 4 is 17.3 Å². The number of aromatic nitrogens is 3. The van der Waals surface area contributed by atoms with Crippen LogP contribution in [0.25, 0.3) is 16.8 Å². The second-order valence-corrected chi connectivity index (χ2v) is 6.19. The van der Waals surface area contributed by atoms with Crippen LogP contribution in [0, 0.1) is 0 Å². The molecule has 0 aromatic carbocycles. The summed E-state index contributed by atoms with van der Waals surface area (Å²) in [5.41, 5.74) is 2.55. The first-order chi connectivity index (χ1) is 12.2. The van der Waals surface area contributed by atoms with Crippen molar-refractivity contribution in [3.63, 3.8) is 0 Å². The summed E-state index contributed by atoms with van der Waals surface area (Å²) in [6.45, 7) is 2.03. The lowest BCUT2D eigenvalue weighted by Crippen LogP contribution is -2.35. The van der Waals surface area contributed by atoms with Crippen molar-refractivity contribution in [3.05, 3.63) is 48.3 Å². The molecule has 3 aromatic heterocycles. The molecule has 1 aliphatic heterocycles. The standard InChI is InChI=1S/C18H19N5O2/c24-18(25)12-6-9-23-16(10-12)14(11-20-23)15-2-1-3-17(22-15)21-13-4-7-19-8-5-13/h1-3,6,9-11,13,19H,4-5,7-8H2,(H,21,22)(H,24,25). The molecule has 25 heavy (non-hydrogen) atoms. The third-order valence-corrected chi connectivity index (χ3v) is 4.48. The van der Waals surface area contributed by atoms with E-state index in [4.69, 9.17) is 4.98 Å². The van der Waals surface area contributed by atoms with Gasteiger partial charge in [-0.2, -0.15) is 5.10 Å². The fourth-order valence-corrected chi connectivity index (χ4v) is 3.15. The van der Waals surface area contributed by atoms with Crippen molar-refractivity contribution in [2.75, 3.05) is 18.4 Å². The SMILES string of the molecule is O=C(O)c1ccn2ncc(-c3cccc(NC4CCNCC4)n3)c2c1. The van der Waals surface area contributed by atoms with E-state index in [2.05, 4.69) is 15.7 Å². The Morgan fingerprint density at radius 3 is 2.92 bits per heavy atom. The van der Waals surface area contributed by atoms with Gasteiger partial charge in [0.05, 0.1) is 23.0 Å². The van der Waals surface area contributed by atoms with Crippen LogP contribution < -0.4 is 10.6 Å². The molecule has 3 N–H and O–H groups in total. The Kier molecular flexibility index (Phi) is 4.07. The Balaban J connectivity index is 1.67. The molecular formula is C18H19N5O2. The second kappa shape index (κ2) is 6.52. The molecule has 0 saturated carbocycles. The lowest BCUT2D eigenvalue weighted by Gasteiger charge is -2.24. The first kappa shape index (κ1) is 15.6. The molecule has 7 nitrogen and oxygen atoms in total. The molecule has 4 rings (SSSR count). The van der Waals surface area contributed by atoms with Crippen molar-refractivity contribution in [3.8, 4) is 11.3 Å². The van der Waals surface area contributed by atoms with Crippen LogP contribution in [0.15, 0.2) is 42.7 Å².